The second-order valence-electron chi connectivity index (χ2n) is 13.8. The standard InChI is InChI=1S/C32H54N2O8/c1-7-22-24-15-21(39-17-36-4)13-14-31(24,2)25-16-26(40-18-37-5)32(3)20(9-8-10-27-33-30(35)42-34-27)11-12-23(32)28(25)29(22)41-19-38-6/h20-26,28-29H,7-19H2,1-6H3,(H,33,34,35)/t20-,21+,22+,23?,24-,25?,26-,28?,29+,31-,32+/m0/s1. The van der Waals surface area contributed by atoms with Gasteiger partial charge >= 0.3 is 5.76 Å². The molecule has 0 aromatic carbocycles. The highest BCUT2D eigenvalue weighted by Gasteiger charge is 2.67. The van der Waals surface area contributed by atoms with Gasteiger partial charge in [0, 0.05) is 27.8 Å². The lowest BCUT2D eigenvalue weighted by molar-refractivity contribution is -0.265. The molecule has 1 aromatic heterocycles. The van der Waals surface area contributed by atoms with E-state index < -0.39 is 5.76 Å². The number of hydrogen-bond donors (Lipinski definition) is 1. The summed E-state index contributed by atoms with van der Waals surface area (Å²) in [6.07, 6.45) is 10.9. The Bertz CT molecular complexity index is 1050. The van der Waals surface area contributed by atoms with Crippen molar-refractivity contribution in [3.63, 3.8) is 0 Å². The summed E-state index contributed by atoms with van der Waals surface area (Å²) in [4.78, 5) is 15.3. The molecule has 3 unspecified atom stereocenters. The molecule has 240 valence electrons. The summed E-state index contributed by atoms with van der Waals surface area (Å²) in [5, 5.41) is 2.67. The average molecular weight is 595 g/mol. The van der Waals surface area contributed by atoms with Crippen molar-refractivity contribution in [1.29, 1.82) is 0 Å². The van der Waals surface area contributed by atoms with Crippen LogP contribution >= 0.6 is 0 Å². The van der Waals surface area contributed by atoms with Crippen molar-refractivity contribution in [2.45, 2.75) is 103 Å². The third-order valence-corrected chi connectivity index (χ3v) is 12.2. The van der Waals surface area contributed by atoms with Crippen LogP contribution in [0.4, 0.5) is 0 Å². The highest BCUT2D eigenvalue weighted by Crippen LogP contribution is 2.70. The first kappa shape index (κ1) is 32.1. The number of aromatic nitrogens is 2. The lowest BCUT2D eigenvalue weighted by Gasteiger charge is -2.66. The van der Waals surface area contributed by atoms with Gasteiger partial charge in [-0.05, 0) is 97.7 Å². The van der Waals surface area contributed by atoms with E-state index in [1.54, 1.807) is 21.3 Å². The summed E-state index contributed by atoms with van der Waals surface area (Å²) in [7, 11) is 5.15. The molecule has 0 spiro atoms. The summed E-state index contributed by atoms with van der Waals surface area (Å²) in [6, 6.07) is 0. The number of nitrogens with one attached hydrogen (secondary N) is 1. The molecule has 1 N–H and O–H groups in total. The second-order valence-corrected chi connectivity index (χ2v) is 13.8. The monoisotopic (exact) mass is 594 g/mol. The predicted octanol–water partition coefficient (Wildman–Crippen LogP) is 5.17. The molecule has 4 aliphatic carbocycles. The largest absolute Gasteiger partial charge is 0.459 e. The average Bonchev–Trinajstić information content (AvgIpc) is 3.56. The zero-order valence-electron chi connectivity index (χ0n) is 26.6. The lowest BCUT2D eigenvalue weighted by Crippen LogP contribution is -2.65. The third-order valence-electron chi connectivity index (χ3n) is 12.2. The first-order valence-corrected chi connectivity index (χ1v) is 16.2. The fourth-order valence-corrected chi connectivity index (χ4v) is 10.4. The van der Waals surface area contributed by atoms with E-state index in [-0.39, 0.29) is 29.1 Å². The van der Waals surface area contributed by atoms with Gasteiger partial charge < -0.3 is 32.9 Å². The molecule has 0 bridgehead atoms. The molecule has 1 aromatic rings. The summed E-state index contributed by atoms with van der Waals surface area (Å²) < 4.78 is 40.7. The van der Waals surface area contributed by atoms with E-state index in [1.807, 2.05) is 0 Å². The van der Waals surface area contributed by atoms with Crippen LogP contribution in [0.2, 0.25) is 0 Å². The van der Waals surface area contributed by atoms with E-state index in [4.69, 9.17) is 32.9 Å². The molecule has 5 rings (SSSR count). The van der Waals surface area contributed by atoms with Gasteiger partial charge in [-0.15, -0.1) is 0 Å². The van der Waals surface area contributed by atoms with Crippen molar-refractivity contribution in [1.82, 2.24) is 10.1 Å². The molecule has 4 aliphatic rings. The topological polar surface area (TPSA) is 114 Å². The molecule has 4 saturated carbocycles. The predicted molar refractivity (Wildman–Crippen MR) is 155 cm³/mol. The molecule has 42 heavy (non-hydrogen) atoms. The number of methoxy groups -OCH3 is 3. The van der Waals surface area contributed by atoms with Crippen molar-refractivity contribution in [3.8, 4) is 0 Å². The Balaban J connectivity index is 1.45. The smallest absolute Gasteiger partial charge is 0.359 e. The number of aryl methyl sites for hydroxylation is 1. The van der Waals surface area contributed by atoms with Gasteiger partial charge in [0.25, 0.3) is 0 Å². The number of rotatable bonds is 14. The maximum Gasteiger partial charge on any atom is 0.459 e. The molecular formula is C32H54N2O8. The van der Waals surface area contributed by atoms with Gasteiger partial charge in [0.15, 0.2) is 0 Å². The summed E-state index contributed by atoms with van der Waals surface area (Å²) in [5.74, 6) is 2.98. The molecule has 0 amide bonds. The summed E-state index contributed by atoms with van der Waals surface area (Å²) in [5.41, 5.74) is 0.198. The number of fused-ring (bicyclic) bond motifs is 5. The van der Waals surface area contributed by atoms with Crippen molar-refractivity contribution in [3.05, 3.63) is 16.4 Å². The van der Waals surface area contributed by atoms with E-state index in [0.717, 1.165) is 44.9 Å². The summed E-state index contributed by atoms with van der Waals surface area (Å²) in [6.45, 7) is 8.38. The minimum atomic E-state index is -0.555. The van der Waals surface area contributed by atoms with Crippen molar-refractivity contribution < 1.29 is 32.9 Å². The molecule has 10 heteroatoms. The van der Waals surface area contributed by atoms with Crippen molar-refractivity contribution >= 4 is 0 Å². The molecule has 0 aliphatic heterocycles. The summed E-state index contributed by atoms with van der Waals surface area (Å²) >= 11 is 0. The Kier molecular flexibility index (Phi) is 10.5. The first-order valence-electron chi connectivity index (χ1n) is 16.2. The Morgan fingerprint density at radius 3 is 2.36 bits per heavy atom. The van der Waals surface area contributed by atoms with E-state index in [1.165, 1.54) is 12.8 Å². The van der Waals surface area contributed by atoms with Gasteiger partial charge in [-0.25, -0.2) is 9.95 Å². The number of ether oxygens (including phenoxy) is 6. The van der Waals surface area contributed by atoms with Crippen LogP contribution in [0.1, 0.15) is 84.4 Å². The zero-order valence-corrected chi connectivity index (χ0v) is 26.6. The Labute approximate surface area is 250 Å². The van der Waals surface area contributed by atoms with Crippen LogP contribution in [0.5, 0.6) is 0 Å². The molecule has 4 fully saturated rings. The molecule has 0 saturated heterocycles. The van der Waals surface area contributed by atoms with Crippen molar-refractivity contribution in [2.24, 2.45) is 46.3 Å². The van der Waals surface area contributed by atoms with Crippen LogP contribution in [0.25, 0.3) is 0 Å². The number of hydrogen-bond acceptors (Lipinski definition) is 9. The number of H-pyrrole nitrogens is 1. The first-order chi connectivity index (χ1) is 20.3. The molecule has 1 heterocycles. The Morgan fingerprint density at radius 2 is 1.67 bits per heavy atom. The van der Waals surface area contributed by atoms with Crippen LogP contribution in [0.3, 0.4) is 0 Å². The van der Waals surface area contributed by atoms with Gasteiger partial charge in [-0.2, -0.15) is 4.98 Å². The normalized spacial score (nSPS) is 41.3. The highest BCUT2D eigenvalue weighted by atomic mass is 16.7. The Morgan fingerprint density at radius 1 is 0.929 bits per heavy atom. The zero-order chi connectivity index (χ0) is 29.9. The molecular weight excluding hydrogens is 540 g/mol. The maximum absolute atomic E-state index is 11.4. The fourth-order valence-electron chi connectivity index (χ4n) is 10.4. The van der Waals surface area contributed by atoms with Crippen LogP contribution in [-0.4, -0.2) is 70.2 Å². The third kappa shape index (κ3) is 5.88. The van der Waals surface area contributed by atoms with Gasteiger partial charge in [-0.3, -0.25) is 0 Å². The van der Waals surface area contributed by atoms with Gasteiger partial charge in [0.05, 0.1) is 18.3 Å². The van der Waals surface area contributed by atoms with E-state index >= 15 is 0 Å². The van der Waals surface area contributed by atoms with Crippen LogP contribution in [0, 0.1) is 46.3 Å². The fraction of sp³-hybridized carbons (Fsp3) is 0.938. The lowest BCUT2D eigenvalue weighted by atomic mass is 9.41. The van der Waals surface area contributed by atoms with Gasteiger partial charge in [-0.1, -0.05) is 27.2 Å². The quantitative estimate of drug-likeness (QED) is 0.292. The number of nitrogens with zero attached hydrogens (tertiary/aromatic N) is 1. The van der Waals surface area contributed by atoms with Crippen LogP contribution in [0.15, 0.2) is 9.32 Å². The van der Waals surface area contributed by atoms with E-state index in [9.17, 15) is 4.79 Å². The number of aromatic amines is 1. The molecule has 10 nitrogen and oxygen atoms in total. The van der Waals surface area contributed by atoms with E-state index in [0.29, 0.717) is 68.1 Å². The second kappa shape index (κ2) is 13.8. The highest BCUT2D eigenvalue weighted by molar-refractivity contribution is 5.16. The van der Waals surface area contributed by atoms with Crippen LogP contribution in [-0.2, 0) is 34.8 Å². The SMILES string of the molecule is CC[C@H]1[C@@H](OCOC)C2C3CC[C@H](CCCc4nc(=O)o[nH]4)[C@@]3(C)[C@@H](OCOC)CC2[C@@]2(C)CC[C@@H](OCOC)C[C@@H]12. The van der Waals surface area contributed by atoms with Gasteiger partial charge in [0.2, 0.25) is 0 Å². The molecule has 0 radical (unpaired) electrons. The molecule has 11 atom stereocenters. The van der Waals surface area contributed by atoms with Crippen molar-refractivity contribution in [2.75, 3.05) is 41.7 Å². The minimum Gasteiger partial charge on any atom is -0.359 e. The van der Waals surface area contributed by atoms with Crippen LogP contribution < -0.4 is 5.76 Å². The van der Waals surface area contributed by atoms with Gasteiger partial charge in [0.1, 0.15) is 26.2 Å². The minimum absolute atomic E-state index is 0.00583. The maximum atomic E-state index is 11.4. The van der Waals surface area contributed by atoms with E-state index in [2.05, 4.69) is 30.9 Å². The Hall–Kier alpha value is -1.30.